The van der Waals surface area contributed by atoms with Gasteiger partial charge in [-0.05, 0) is 13.0 Å². The minimum Gasteiger partial charge on any atom is -0.323 e. The summed E-state index contributed by atoms with van der Waals surface area (Å²) in [5, 5.41) is 4.74. The van der Waals surface area contributed by atoms with Crippen LogP contribution in [0, 0.1) is 6.92 Å². The molecule has 0 saturated carbocycles. The fourth-order valence-corrected chi connectivity index (χ4v) is 3.56. The molecule has 1 aromatic rings. The Hall–Kier alpha value is -0.680. The van der Waals surface area contributed by atoms with Crippen LogP contribution in [0.2, 0.25) is 0 Å². The Morgan fingerprint density at radius 2 is 1.79 bits per heavy atom. The van der Waals surface area contributed by atoms with E-state index in [1.54, 1.807) is 23.5 Å². The fraction of sp³-hybridized carbons (Fsp3) is 0.571. The number of hydrogen-bond donors (Lipinski definition) is 1. The van der Waals surface area contributed by atoms with Crippen LogP contribution >= 0.6 is 23.5 Å². The maximum atomic E-state index is 11.4. The van der Waals surface area contributed by atoms with Gasteiger partial charge in [0.15, 0.2) is 0 Å². The van der Waals surface area contributed by atoms with Crippen molar-refractivity contribution in [3.8, 4) is 0 Å². The van der Waals surface area contributed by atoms with E-state index in [9.17, 15) is 4.79 Å². The molecule has 0 radical (unpaired) electrons. The van der Waals surface area contributed by atoms with Gasteiger partial charge in [-0.1, -0.05) is 27.7 Å². The maximum Gasteiger partial charge on any atom is 0.221 e. The summed E-state index contributed by atoms with van der Waals surface area (Å²) < 4.78 is 0. The highest BCUT2D eigenvalue weighted by molar-refractivity contribution is 8.00. The molecule has 0 unspecified atom stereocenters. The van der Waals surface area contributed by atoms with Crippen LogP contribution in [0.3, 0.4) is 0 Å². The normalized spacial score (nSPS) is 11.2. The predicted molar refractivity (Wildman–Crippen MR) is 85.3 cm³/mol. The lowest BCUT2D eigenvalue weighted by Gasteiger charge is -2.17. The van der Waals surface area contributed by atoms with Gasteiger partial charge < -0.3 is 5.32 Å². The van der Waals surface area contributed by atoms with Crippen molar-refractivity contribution < 1.29 is 4.79 Å². The Balaban J connectivity index is 3.25. The molecule has 3 nitrogen and oxygen atoms in total. The predicted octanol–water partition coefficient (Wildman–Crippen LogP) is 4.35. The Morgan fingerprint density at radius 3 is 2.26 bits per heavy atom. The molecule has 1 heterocycles. The van der Waals surface area contributed by atoms with Crippen LogP contribution in [0.25, 0.3) is 0 Å². The van der Waals surface area contributed by atoms with Gasteiger partial charge in [0.2, 0.25) is 5.91 Å². The van der Waals surface area contributed by atoms with Crippen LogP contribution in [0.5, 0.6) is 0 Å². The molecule has 1 N–H and O–H groups in total. The van der Waals surface area contributed by atoms with Crippen molar-refractivity contribution >= 4 is 35.1 Å². The quantitative estimate of drug-likeness (QED) is 0.821. The third-order valence-electron chi connectivity index (χ3n) is 2.09. The maximum absolute atomic E-state index is 11.4. The molecule has 0 aliphatic heterocycles. The number of pyridine rings is 1. The summed E-state index contributed by atoms with van der Waals surface area (Å²) in [6.07, 6.45) is 0. The second kappa shape index (κ2) is 7.20. The Kier molecular flexibility index (Phi) is 6.20. The number of aryl methyl sites for hydroxylation is 1. The molecule has 1 rings (SSSR count). The van der Waals surface area contributed by atoms with Crippen molar-refractivity contribution in [2.24, 2.45) is 0 Å². The summed E-state index contributed by atoms with van der Waals surface area (Å²) in [5.41, 5.74) is 1.84. The first-order valence-electron chi connectivity index (χ1n) is 6.42. The fourth-order valence-electron chi connectivity index (χ4n) is 1.56. The monoisotopic (exact) mass is 298 g/mol. The van der Waals surface area contributed by atoms with Crippen LogP contribution in [0.15, 0.2) is 16.0 Å². The number of aromatic nitrogens is 1. The molecule has 0 aliphatic carbocycles. The summed E-state index contributed by atoms with van der Waals surface area (Å²) in [4.78, 5) is 17.1. The van der Waals surface area contributed by atoms with E-state index < -0.39 is 0 Å². The number of thioether (sulfide) groups is 2. The van der Waals surface area contributed by atoms with Crippen molar-refractivity contribution in [2.75, 3.05) is 5.32 Å². The number of carbonyl (C=O) groups is 1. The van der Waals surface area contributed by atoms with E-state index in [0.29, 0.717) is 10.5 Å². The number of rotatable bonds is 5. The van der Waals surface area contributed by atoms with Crippen molar-refractivity contribution in [1.82, 2.24) is 4.98 Å². The zero-order valence-corrected chi connectivity index (χ0v) is 14.0. The Bertz CT molecular complexity index is 428. The average Bonchev–Trinajstić information content (AvgIpc) is 2.20. The number of nitrogens with one attached hydrogen (secondary N) is 1. The Morgan fingerprint density at radius 1 is 1.21 bits per heavy atom. The molecule has 1 amide bonds. The molecule has 0 saturated heterocycles. The second-order valence-corrected chi connectivity index (χ2v) is 8.14. The van der Waals surface area contributed by atoms with Crippen LogP contribution in [-0.2, 0) is 4.79 Å². The summed E-state index contributed by atoms with van der Waals surface area (Å²) in [5.74, 6) is -0.0538. The highest BCUT2D eigenvalue weighted by Crippen LogP contribution is 2.38. The molecule has 0 aromatic carbocycles. The van der Waals surface area contributed by atoms with Gasteiger partial charge in [-0.15, -0.1) is 23.5 Å². The zero-order chi connectivity index (χ0) is 14.6. The van der Waals surface area contributed by atoms with E-state index in [1.807, 2.05) is 13.0 Å². The molecule has 0 aliphatic rings. The van der Waals surface area contributed by atoms with Gasteiger partial charge in [-0.3, -0.25) is 4.79 Å². The van der Waals surface area contributed by atoms with Crippen molar-refractivity contribution in [2.45, 2.75) is 62.0 Å². The number of hydrogen-bond acceptors (Lipinski definition) is 4. The number of anilines is 1. The summed E-state index contributed by atoms with van der Waals surface area (Å²) >= 11 is 3.44. The first-order chi connectivity index (χ1) is 8.79. The van der Waals surface area contributed by atoms with E-state index in [-0.39, 0.29) is 5.91 Å². The molecular formula is C14H22N2OS2. The van der Waals surface area contributed by atoms with Gasteiger partial charge in [0.25, 0.3) is 0 Å². The molecule has 0 spiro atoms. The first-order valence-corrected chi connectivity index (χ1v) is 8.18. The SMILES string of the molecule is CC(=O)Nc1c(SC(C)C)cc(C)nc1SC(C)C. The third kappa shape index (κ3) is 5.45. The molecule has 0 fully saturated rings. The highest BCUT2D eigenvalue weighted by Gasteiger charge is 2.16. The lowest BCUT2D eigenvalue weighted by molar-refractivity contribution is -0.114. The minimum absolute atomic E-state index is 0.0538. The van der Waals surface area contributed by atoms with Crippen LogP contribution in [0.4, 0.5) is 5.69 Å². The summed E-state index contributed by atoms with van der Waals surface area (Å²) in [6.45, 7) is 12.1. The number of carbonyl (C=O) groups excluding carboxylic acids is 1. The molecular weight excluding hydrogens is 276 g/mol. The lowest BCUT2D eigenvalue weighted by Crippen LogP contribution is -2.10. The summed E-state index contributed by atoms with van der Waals surface area (Å²) in [7, 11) is 0. The third-order valence-corrected chi connectivity index (χ3v) is 4.13. The zero-order valence-electron chi connectivity index (χ0n) is 12.4. The summed E-state index contributed by atoms with van der Waals surface area (Å²) in [6, 6.07) is 2.04. The molecule has 0 bridgehead atoms. The van der Waals surface area contributed by atoms with Gasteiger partial charge in [-0.2, -0.15) is 0 Å². The van der Waals surface area contributed by atoms with E-state index in [0.717, 1.165) is 21.3 Å². The average molecular weight is 298 g/mol. The number of amides is 1. The Labute approximate surface area is 124 Å². The minimum atomic E-state index is -0.0538. The van der Waals surface area contributed by atoms with E-state index in [2.05, 4.69) is 38.0 Å². The standard InChI is InChI=1S/C14H22N2OS2/c1-8(2)18-12-7-10(5)15-14(19-9(3)4)13(12)16-11(6)17/h7-9H,1-6H3,(H,16,17). The largest absolute Gasteiger partial charge is 0.323 e. The van der Waals surface area contributed by atoms with E-state index >= 15 is 0 Å². The van der Waals surface area contributed by atoms with Crippen molar-refractivity contribution in [3.63, 3.8) is 0 Å². The van der Waals surface area contributed by atoms with Crippen LogP contribution in [-0.4, -0.2) is 21.4 Å². The van der Waals surface area contributed by atoms with Gasteiger partial charge in [0, 0.05) is 28.0 Å². The smallest absolute Gasteiger partial charge is 0.221 e. The van der Waals surface area contributed by atoms with Gasteiger partial charge >= 0.3 is 0 Å². The molecule has 0 atom stereocenters. The molecule has 5 heteroatoms. The molecule has 19 heavy (non-hydrogen) atoms. The van der Waals surface area contributed by atoms with E-state index in [4.69, 9.17) is 0 Å². The first kappa shape index (κ1) is 16.4. The second-order valence-electron chi connectivity index (χ2n) is 4.96. The van der Waals surface area contributed by atoms with Crippen molar-refractivity contribution in [3.05, 3.63) is 11.8 Å². The highest BCUT2D eigenvalue weighted by atomic mass is 32.2. The lowest BCUT2D eigenvalue weighted by atomic mass is 10.3. The van der Waals surface area contributed by atoms with Crippen LogP contribution in [0.1, 0.15) is 40.3 Å². The van der Waals surface area contributed by atoms with Gasteiger partial charge in [0.1, 0.15) is 5.03 Å². The van der Waals surface area contributed by atoms with Crippen molar-refractivity contribution in [1.29, 1.82) is 0 Å². The van der Waals surface area contributed by atoms with E-state index in [1.165, 1.54) is 6.92 Å². The van der Waals surface area contributed by atoms with Gasteiger partial charge in [0.05, 0.1) is 5.69 Å². The molecule has 106 valence electrons. The topological polar surface area (TPSA) is 42.0 Å². The number of nitrogens with zero attached hydrogens (tertiary/aromatic N) is 1. The molecule has 1 aromatic heterocycles. The van der Waals surface area contributed by atoms with Gasteiger partial charge in [-0.25, -0.2) is 4.98 Å². The van der Waals surface area contributed by atoms with Crippen LogP contribution < -0.4 is 5.32 Å².